The number of carbonyl (C=O) groups is 2. The van der Waals surface area contributed by atoms with Crippen LogP contribution in [0.2, 0.25) is 0 Å². The molecule has 1 aromatic heterocycles. The topological polar surface area (TPSA) is 118 Å². The largest absolute Gasteiger partial charge is 0.534 e. The van der Waals surface area contributed by atoms with E-state index in [0.29, 0.717) is 6.07 Å². The van der Waals surface area contributed by atoms with Crippen LogP contribution in [-0.4, -0.2) is 42.6 Å². The molecule has 9 nitrogen and oxygen atoms in total. The number of pyridine rings is 1. The predicted octanol–water partition coefficient (Wildman–Crippen LogP) is 2.94. The molecule has 1 aliphatic carbocycles. The van der Waals surface area contributed by atoms with Gasteiger partial charge in [-0.2, -0.15) is 21.6 Å². The van der Waals surface area contributed by atoms with Gasteiger partial charge in [-0.3, -0.25) is 4.79 Å². The SMILES string of the molecule is CCOC(=O)c1cn(C(CC2CC2)C(=O)OC(C)(C)C)c(=O)cc1OS(=O)(=O)C(F)(F)F. The summed E-state index contributed by atoms with van der Waals surface area (Å²) in [7, 11) is -6.17. The van der Waals surface area contributed by atoms with Gasteiger partial charge in [-0.25, -0.2) is 9.59 Å². The van der Waals surface area contributed by atoms with Crippen molar-refractivity contribution in [3.63, 3.8) is 0 Å². The molecule has 1 heterocycles. The molecule has 180 valence electrons. The lowest BCUT2D eigenvalue weighted by Gasteiger charge is -2.25. The third-order valence-corrected chi connectivity index (χ3v) is 5.26. The normalized spacial score (nSPS) is 15.7. The zero-order valence-electron chi connectivity index (χ0n) is 17.9. The van der Waals surface area contributed by atoms with Gasteiger partial charge in [0.05, 0.1) is 6.61 Å². The van der Waals surface area contributed by atoms with Gasteiger partial charge < -0.3 is 18.2 Å². The van der Waals surface area contributed by atoms with Gasteiger partial charge in [-0.1, -0.05) is 12.8 Å². The highest BCUT2D eigenvalue weighted by Crippen LogP contribution is 2.38. The minimum absolute atomic E-state index is 0.118. The van der Waals surface area contributed by atoms with Crippen molar-refractivity contribution in [3.05, 3.63) is 28.2 Å². The number of esters is 2. The van der Waals surface area contributed by atoms with Gasteiger partial charge in [-0.05, 0) is 40.0 Å². The van der Waals surface area contributed by atoms with Crippen LogP contribution in [0.5, 0.6) is 5.75 Å². The molecule has 0 amide bonds. The third-order valence-electron chi connectivity index (χ3n) is 4.29. The van der Waals surface area contributed by atoms with Crippen LogP contribution in [0.15, 0.2) is 17.1 Å². The highest BCUT2D eigenvalue weighted by Gasteiger charge is 2.49. The van der Waals surface area contributed by atoms with E-state index in [0.717, 1.165) is 23.6 Å². The summed E-state index contributed by atoms with van der Waals surface area (Å²) >= 11 is 0. The van der Waals surface area contributed by atoms with Gasteiger partial charge >= 0.3 is 27.6 Å². The summed E-state index contributed by atoms with van der Waals surface area (Å²) in [6.45, 7) is 6.07. The fraction of sp³-hybridized carbons (Fsp3) is 0.632. The van der Waals surface area contributed by atoms with Crippen LogP contribution in [0.1, 0.15) is 63.4 Å². The van der Waals surface area contributed by atoms with E-state index in [2.05, 4.69) is 4.18 Å². The van der Waals surface area contributed by atoms with Gasteiger partial charge in [0.15, 0.2) is 5.75 Å². The van der Waals surface area contributed by atoms with Crippen molar-refractivity contribution in [2.45, 2.75) is 64.1 Å². The van der Waals surface area contributed by atoms with Crippen molar-refractivity contribution < 1.29 is 44.8 Å². The van der Waals surface area contributed by atoms with Crippen LogP contribution in [0.4, 0.5) is 13.2 Å². The van der Waals surface area contributed by atoms with Crippen molar-refractivity contribution in [2.24, 2.45) is 5.92 Å². The molecule has 0 bridgehead atoms. The van der Waals surface area contributed by atoms with Crippen molar-refractivity contribution in [2.75, 3.05) is 6.61 Å². The Kier molecular flexibility index (Phi) is 7.32. The molecule has 0 saturated heterocycles. The molecule has 1 atom stereocenters. The fourth-order valence-electron chi connectivity index (χ4n) is 2.73. The van der Waals surface area contributed by atoms with Crippen molar-refractivity contribution in [1.82, 2.24) is 4.57 Å². The second-order valence-electron chi connectivity index (χ2n) is 8.23. The molecule has 0 N–H and O–H groups in total. The lowest BCUT2D eigenvalue weighted by Crippen LogP contribution is -2.36. The van der Waals surface area contributed by atoms with Crippen molar-refractivity contribution in [3.8, 4) is 5.75 Å². The van der Waals surface area contributed by atoms with E-state index in [4.69, 9.17) is 9.47 Å². The molecule has 0 spiro atoms. The van der Waals surface area contributed by atoms with E-state index in [1.54, 1.807) is 20.8 Å². The van der Waals surface area contributed by atoms with Crippen LogP contribution in [0.25, 0.3) is 0 Å². The van der Waals surface area contributed by atoms with Gasteiger partial charge in [-0.15, -0.1) is 0 Å². The zero-order valence-corrected chi connectivity index (χ0v) is 18.7. The van der Waals surface area contributed by atoms with Crippen molar-refractivity contribution >= 4 is 22.1 Å². The molecular weight excluding hydrogens is 459 g/mol. The van der Waals surface area contributed by atoms with E-state index in [-0.39, 0.29) is 18.9 Å². The Morgan fingerprint density at radius 3 is 2.28 bits per heavy atom. The number of ether oxygens (including phenoxy) is 2. The zero-order chi connectivity index (χ0) is 24.5. The number of carbonyl (C=O) groups excluding carboxylic acids is 2. The maximum Gasteiger partial charge on any atom is 0.534 e. The molecule has 1 aromatic rings. The van der Waals surface area contributed by atoms with Gasteiger partial charge in [0, 0.05) is 12.3 Å². The molecule has 1 aliphatic rings. The van der Waals surface area contributed by atoms with E-state index in [1.807, 2.05) is 0 Å². The second kappa shape index (κ2) is 9.12. The number of alkyl halides is 3. The highest BCUT2D eigenvalue weighted by atomic mass is 32.2. The molecule has 2 rings (SSSR count). The summed E-state index contributed by atoms with van der Waals surface area (Å²) in [4.78, 5) is 37.7. The fourth-order valence-corrected chi connectivity index (χ4v) is 3.20. The molecule has 13 heteroatoms. The van der Waals surface area contributed by atoms with E-state index >= 15 is 0 Å². The number of nitrogens with zero attached hydrogens (tertiary/aromatic N) is 1. The molecule has 0 aliphatic heterocycles. The Hall–Kier alpha value is -2.57. The number of halogens is 3. The average Bonchev–Trinajstić information content (AvgIpc) is 3.41. The van der Waals surface area contributed by atoms with Crippen LogP contribution in [0, 0.1) is 5.92 Å². The standard InChI is InChI=1S/C19H24F3NO8S/c1-5-29-16(25)12-10-23(13(8-11-6-7-11)17(26)30-18(2,3)4)15(24)9-14(12)31-32(27,28)19(20,21)22/h9-11,13H,5-8H2,1-4H3. The second-order valence-corrected chi connectivity index (χ2v) is 9.77. The smallest absolute Gasteiger partial charge is 0.462 e. The Morgan fingerprint density at radius 2 is 1.81 bits per heavy atom. The monoisotopic (exact) mass is 483 g/mol. The average molecular weight is 483 g/mol. The first-order chi connectivity index (χ1) is 14.6. The van der Waals surface area contributed by atoms with Crippen LogP contribution < -0.4 is 9.74 Å². The first kappa shape index (κ1) is 25.7. The maximum atomic E-state index is 12.8. The molecule has 32 heavy (non-hydrogen) atoms. The lowest BCUT2D eigenvalue weighted by atomic mass is 10.1. The van der Waals surface area contributed by atoms with E-state index in [1.165, 1.54) is 6.92 Å². The van der Waals surface area contributed by atoms with E-state index in [9.17, 15) is 36.0 Å². The van der Waals surface area contributed by atoms with Crippen LogP contribution in [0.3, 0.4) is 0 Å². The summed E-state index contributed by atoms with van der Waals surface area (Å²) in [6, 6.07) is -0.782. The third kappa shape index (κ3) is 6.47. The number of hydrogen-bond donors (Lipinski definition) is 0. The van der Waals surface area contributed by atoms with Gasteiger partial charge in [0.25, 0.3) is 5.56 Å². The summed E-state index contributed by atoms with van der Waals surface area (Å²) < 4.78 is 76.0. The number of hydrogen-bond acceptors (Lipinski definition) is 8. The molecule has 1 saturated carbocycles. The maximum absolute atomic E-state index is 12.8. The van der Waals surface area contributed by atoms with Gasteiger partial charge in [0.2, 0.25) is 0 Å². The Morgan fingerprint density at radius 1 is 1.22 bits per heavy atom. The number of aromatic nitrogens is 1. The minimum atomic E-state index is -6.17. The summed E-state index contributed by atoms with van der Waals surface area (Å²) in [5.41, 5.74) is -8.50. The summed E-state index contributed by atoms with van der Waals surface area (Å²) in [6.07, 6.45) is 2.57. The molecular formula is C19H24F3NO8S. The minimum Gasteiger partial charge on any atom is -0.462 e. The summed E-state index contributed by atoms with van der Waals surface area (Å²) in [5.74, 6) is -3.05. The van der Waals surface area contributed by atoms with E-state index < -0.39 is 56.1 Å². The highest BCUT2D eigenvalue weighted by molar-refractivity contribution is 7.88. The van der Waals surface area contributed by atoms with Crippen LogP contribution >= 0.6 is 0 Å². The van der Waals surface area contributed by atoms with Crippen molar-refractivity contribution in [1.29, 1.82) is 0 Å². The molecule has 0 radical (unpaired) electrons. The Labute approximate surface area is 182 Å². The Balaban J connectivity index is 2.59. The molecule has 0 aromatic carbocycles. The first-order valence-corrected chi connectivity index (χ1v) is 11.1. The molecule has 1 unspecified atom stereocenters. The first-order valence-electron chi connectivity index (χ1n) is 9.72. The Bertz CT molecular complexity index is 1040. The quantitative estimate of drug-likeness (QED) is 0.315. The van der Waals surface area contributed by atoms with Crippen LogP contribution in [-0.2, 0) is 24.4 Å². The number of rotatable bonds is 8. The predicted molar refractivity (Wildman–Crippen MR) is 104 cm³/mol. The van der Waals surface area contributed by atoms with Gasteiger partial charge in [0.1, 0.15) is 17.2 Å². The molecule has 1 fully saturated rings. The summed E-state index contributed by atoms with van der Waals surface area (Å²) in [5, 5.41) is 0. The lowest BCUT2D eigenvalue weighted by molar-refractivity contribution is -0.159.